The number of hydrogen-bond acceptors (Lipinski definition) is 6. The number of nitrogens with one attached hydrogen (secondary N) is 1. The Morgan fingerprint density at radius 1 is 1.09 bits per heavy atom. The second kappa shape index (κ2) is 7.76. The van der Waals surface area contributed by atoms with Crippen molar-refractivity contribution >= 4 is 17.5 Å². The number of fused-ring (bicyclic) bond motifs is 5. The lowest BCUT2D eigenvalue weighted by molar-refractivity contribution is -0.126. The second-order valence-corrected chi connectivity index (χ2v) is 8.13. The summed E-state index contributed by atoms with van der Waals surface area (Å²) >= 11 is 0. The minimum absolute atomic E-state index is 0.116. The normalized spacial score (nSPS) is 16.2. The van der Waals surface area contributed by atoms with Crippen LogP contribution in [-0.2, 0) is 24.2 Å². The molecule has 2 N–H and O–H groups in total. The monoisotopic (exact) mass is 430 g/mol. The van der Waals surface area contributed by atoms with E-state index in [0.717, 1.165) is 11.1 Å². The SMILES string of the molecule is CNC(=O)[C@H](Cc1ccc(O)cc1)N1CCc2c(oc3c2C(=O)C(=O)c2ccccc2-3)C1. The van der Waals surface area contributed by atoms with Gasteiger partial charge in [-0.15, -0.1) is 0 Å². The molecule has 5 rings (SSSR count). The van der Waals surface area contributed by atoms with Gasteiger partial charge < -0.3 is 14.8 Å². The Balaban J connectivity index is 1.49. The fraction of sp³-hybridized carbons (Fsp3) is 0.240. The standard InChI is InChI=1S/C25H22N2O5/c1-26-25(31)19(12-14-6-8-15(28)9-7-14)27-11-10-18-20(13-27)32-24-17-5-3-2-4-16(17)22(29)23(30)21(18)24/h2-9,19,28H,10-13H2,1H3,(H,26,31)/t19-/m0/s1. The molecule has 7 nitrogen and oxygen atoms in total. The number of phenolic OH excluding ortho intramolecular Hbond substituents is 1. The van der Waals surface area contributed by atoms with Crippen molar-refractivity contribution in [2.24, 2.45) is 0 Å². The minimum atomic E-state index is -0.524. The first-order chi connectivity index (χ1) is 15.5. The van der Waals surface area contributed by atoms with E-state index in [0.29, 0.717) is 54.1 Å². The molecular formula is C25H22N2O5. The average molecular weight is 430 g/mol. The number of carbonyl (C=O) groups excluding carboxylic acids is 3. The van der Waals surface area contributed by atoms with Crippen LogP contribution in [-0.4, -0.2) is 47.1 Å². The summed E-state index contributed by atoms with van der Waals surface area (Å²) in [7, 11) is 1.61. The van der Waals surface area contributed by atoms with Gasteiger partial charge in [-0.05, 0) is 30.5 Å². The van der Waals surface area contributed by atoms with Gasteiger partial charge in [0.25, 0.3) is 0 Å². The Hall–Kier alpha value is -3.71. The van der Waals surface area contributed by atoms with E-state index in [4.69, 9.17) is 4.42 Å². The quantitative estimate of drug-likeness (QED) is 0.618. The van der Waals surface area contributed by atoms with E-state index in [1.807, 2.05) is 11.0 Å². The summed E-state index contributed by atoms with van der Waals surface area (Å²) in [6, 6.07) is 13.4. The molecule has 2 heterocycles. The van der Waals surface area contributed by atoms with Crippen LogP contribution in [0.25, 0.3) is 11.3 Å². The third kappa shape index (κ3) is 3.22. The van der Waals surface area contributed by atoms with Gasteiger partial charge in [-0.1, -0.05) is 36.4 Å². The van der Waals surface area contributed by atoms with Gasteiger partial charge >= 0.3 is 0 Å². The lowest BCUT2D eigenvalue weighted by atomic mass is 9.85. The second-order valence-electron chi connectivity index (χ2n) is 8.13. The summed E-state index contributed by atoms with van der Waals surface area (Å²) in [5.41, 5.74) is 3.07. The summed E-state index contributed by atoms with van der Waals surface area (Å²) < 4.78 is 6.15. The summed E-state index contributed by atoms with van der Waals surface area (Å²) in [6.45, 7) is 0.917. The molecule has 162 valence electrons. The zero-order valence-electron chi connectivity index (χ0n) is 17.6. The van der Waals surface area contributed by atoms with Crippen molar-refractivity contribution < 1.29 is 23.9 Å². The summed E-state index contributed by atoms with van der Waals surface area (Å²) in [4.78, 5) is 40.2. The minimum Gasteiger partial charge on any atom is -0.508 e. The van der Waals surface area contributed by atoms with Crippen molar-refractivity contribution in [3.8, 4) is 17.1 Å². The molecule has 1 aliphatic heterocycles. The summed E-state index contributed by atoms with van der Waals surface area (Å²) in [5, 5.41) is 12.3. The number of likely N-dealkylation sites (N-methyl/N-ethyl adjacent to an activating group) is 1. The van der Waals surface area contributed by atoms with Gasteiger partial charge in [0, 0.05) is 30.3 Å². The number of ketones is 2. The number of nitrogens with zero attached hydrogens (tertiary/aromatic N) is 1. The smallest absolute Gasteiger partial charge is 0.237 e. The van der Waals surface area contributed by atoms with E-state index in [2.05, 4.69) is 5.32 Å². The number of aromatic hydroxyl groups is 1. The predicted molar refractivity (Wildman–Crippen MR) is 117 cm³/mol. The zero-order chi connectivity index (χ0) is 22.4. The lowest BCUT2D eigenvalue weighted by Crippen LogP contribution is -2.49. The first-order valence-corrected chi connectivity index (χ1v) is 10.5. The van der Waals surface area contributed by atoms with Gasteiger partial charge in [-0.2, -0.15) is 0 Å². The number of Topliss-reactive ketones (excluding diaryl/α,β-unsaturated/α-hetero) is 2. The van der Waals surface area contributed by atoms with Gasteiger partial charge in [-0.25, -0.2) is 0 Å². The molecule has 3 aromatic rings. The molecule has 0 fully saturated rings. The topological polar surface area (TPSA) is 99.8 Å². The van der Waals surface area contributed by atoms with Crippen LogP contribution in [0.2, 0.25) is 0 Å². The van der Waals surface area contributed by atoms with Crippen molar-refractivity contribution in [3.63, 3.8) is 0 Å². The predicted octanol–water partition coefficient (Wildman–Crippen LogP) is 2.75. The molecule has 0 spiro atoms. The van der Waals surface area contributed by atoms with Crippen molar-refractivity contribution in [2.45, 2.75) is 25.4 Å². The van der Waals surface area contributed by atoms with Crippen molar-refractivity contribution in [1.29, 1.82) is 0 Å². The molecule has 2 aliphatic rings. The van der Waals surface area contributed by atoms with E-state index < -0.39 is 17.6 Å². The van der Waals surface area contributed by atoms with Gasteiger partial charge in [0.15, 0.2) is 0 Å². The fourth-order valence-corrected chi connectivity index (χ4v) is 4.64. The van der Waals surface area contributed by atoms with Crippen LogP contribution in [0.5, 0.6) is 5.75 Å². The Morgan fingerprint density at radius 2 is 1.81 bits per heavy atom. The first-order valence-electron chi connectivity index (χ1n) is 10.5. The van der Waals surface area contributed by atoms with Crippen LogP contribution >= 0.6 is 0 Å². The highest BCUT2D eigenvalue weighted by molar-refractivity contribution is 6.53. The number of amides is 1. The molecule has 2 aromatic carbocycles. The molecule has 0 saturated heterocycles. The molecule has 0 saturated carbocycles. The van der Waals surface area contributed by atoms with Crippen LogP contribution < -0.4 is 5.32 Å². The molecule has 0 unspecified atom stereocenters. The maximum Gasteiger partial charge on any atom is 0.237 e. The van der Waals surface area contributed by atoms with Crippen LogP contribution in [0.15, 0.2) is 52.9 Å². The van der Waals surface area contributed by atoms with Gasteiger partial charge in [0.05, 0.1) is 18.2 Å². The zero-order valence-corrected chi connectivity index (χ0v) is 17.6. The van der Waals surface area contributed by atoms with E-state index in [1.54, 1.807) is 49.5 Å². The summed E-state index contributed by atoms with van der Waals surface area (Å²) in [6.07, 6.45) is 0.981. The fourth-order valence-electron chi connectivity index (χ4n) is 4.64. The Bertz CT molecular complexity index is 1240. The number of carbonyl (C=O) groups is 3. The highest BCUT2D eigenvalue weighted by Crippen LogP contribution is 2.40. The molecule has 1 aliphatic carbocycles. The highest BCUT2D eigenvalue weighted by Gasteiger charge is 2.40. The van der Waals surface area contributed by atoms with Crippen molar-refractivity contribution in [3.05, 3.63) is 76.5 Å². The van der Waals surface area contributed by atoms with E-state index >= 15 is 0 Å². The Kier molecular flexibility index (Phi) is 4.90. The number of hydrogen-bond donors (Lipinski definition) is 2. The average Bonchev–Trinajstić information content (AvgIpc) is 3.20. The first kappa shape index (κ1) is 20.2. The molecule has 0 bridgehead atoms. The van der Waals surface area contributed by atoms with E-state index in [-0.39, 0.29) is 11.7 Å². The van der Waals surface area contributed by atoms with Gasteiger partial charge in [0.1, 0.15) is 17.3 Å². The van der Waals surface area contributed by atoms with Crippen LogP contribution in [0.3, 0.4) is 0 Å². The van der Waals surface area contributed by atoms with Crippen LogP contribution in [0, 0.1) is 0 Å². The lowest BCUT2D eigenvalue weighted by Gasteiger charge is -2.33. The molecular weight excluding hydrogens is 408 g/mol. The van der Waals surface area contributed by atoms with E-state index in [1.165, 1.54) is 0 Å². The molecule has 0 radical (unpaired) electrons. The number of furan rings is 1. The molecule has 1 amide bonds. The maximum atomic E-state index is 12.8. The molecule has 32 heavy (non-hydrogen) atoms. The Morgan fingerprint density at radius 3 is 2.53 bits per heavy atom. The Labute approximate surface area is 184 Å². The maximum absolute atomic E-state index is 12.8. The van der Waals surface area contributed by atoms with Gasteiger partial charge in [-0.3, -0.25) is 19.3 Å². The van der Waals surface area contributed by atoms with Gasteiger partial charge in [0.2, 0.25) is 17.5 Å². The molecule has 1 atom stereocenters. The summed E-state index contributed by atoms with van der Waals surface area (Å²) in [5.74, 6) is 0.104. The number of rotatable bonds is 4. The van der Waals surface area contributed by atoms with Crippen LogP contribution in [0.4, 0.5) is 0 Å². The van der Waals surface area contributed by atoms with Crippen molar-refractivity contribution in [1.82, 2.24) is 10.2 Å². The molecule has 7 heteroatoms. The van der Waals surface area contributed by atoms with Crippen LogP contribution in [0.1, 0.15) is 37.6 Å². The number of phenols is 1. The third-order valence-corrected chi connectivity index (χ3v) is 6.29. The molecule has 1 aromatic heterocycles. The third-order valence-electron chi connectivity index (χ3n) is 6.29. The van der Waals surface area contributed by atoms with E-state index in [9.17, 15) is 19.5 Å². The largest absolute Gasteiger partial charge is 0.508 e. The van der Waals surface area contributed by atoms with Crippen molar-refractivity contribution in [2.75, 3.05) is 13.6 Å². The number of benzene rings is 2. The highest BCUT2D eigenvalue weighted by atomic mass is 16.3.